The number of hydrogen-bond acceptors (Lipinski definition) is 5. The van der Waals surface area contributed by atoms with Gasteiger partial charge in [0, 0.05) is 26.2 Å². The molecule has 5 nitrogen and oxygen atoms in total. The predicted molar refractivity (Wildman–Crippen MR) is 77.6 cm³/mol. The first-order valence-electron chi connectivity index (χ1n) is 7.79. The molecule has 2 rings (SSSR count). The first-order valence-corrected chi connectivity index (χ1v) is 7.79. The van der Waals surface area contributed by atoms with Crippen LogP contribution >= 0.6 is 0 Å². The predicted octanol–water partition coefficient (Wildman–Crippen LogP) is 1.03. The molecule has 0 aromatic heterocycles. The van der Waals surface area contributed by atoms with E-state index in [1.54, 1.807) is 0 Å². The van der Waals surface area contributed by atoms with Gasteiger partial charge in [-0.05, 0) is 38.6 Å². The molecule has 5 heteroatoms. The standard InChI is InChI=1S/C15H28N2O3/c1-4-16-15(13-6-7-13,14(18)19-3)11-17-8-5-9-20-12(2)10-17/h12-13,16H,4-11H2,1-3H3. The molecule has 2 fully saturated rings. The zero-order valence-corrected chi connectivity index (χ0v) is 13.0. The van der Waals surface area contributed by atoms with Crippen molar-refractivity contribution in [3.05, 3.63) is 0 Å². The van der Waals surface area contributed by atoms with Crippen LogP contribution in [0.5, 0.6) is 0 Å². The molecule has 1 saturated heterocycles. The van der Waals surface area contributed by atoms with Crippen molar-refractivity contribution in [3.8, 4) is 0 Å². The van der Waals surface area contributed by atoms with Crippen LogP contribution in [-0.2, 0) is 14.3 Å². The Morgan fingerprint density at radius 1 is 1.50 bits per heavy atom. The van der Waals surface area contributed by atoms with Gasteiger partial charge in [-0.15, -0.1) is 0 Å². The molecule has 1 aliphatic carbocycles. The largest absolute Gasteiger partial charge is 0.468 e. The summed E-state index contributed by atoms with van der Waals surface area (Å²) in [5.74, 6) is 0.300. The maximum atomic E-state index is 12.4. The number of likely N-dealkylation sites (N-methyl/N-ethyl adjacent to an activating group) is 1. The molecule has 0 radical (unpaired) electrons. The fourth-order valence-corrected chi connectivity index (χ4v) is 3.28. The molecule has 20 heavy (non-hydrogen) atoms. The highest BCUT2D eigenvalue weighted by Gasteiger charge is 2.52. The summed E-state index contributed by atoms with van der Waals surface area (Å²) in [5.41, 5.74) is -0.534. The number of hydrogen-bond donors (Lipinski definition) is 1. The number of methoxy groups -OCH3 is 1. The van der Waals surface area contributed by atoms with E-state index >= 15 is 0 Å². The van der Waals surface area contributed by atoms with Gasteiger partial charge < -0.3 is 14.8 Å². The van der Waals surface area contributed by atoms with Crippen LogP contribution in [0.15, 0.2) is 0 Å². The van der Waals surface area contributed by atoms with Crippen molar-refractivity contribution in [3.63, 3.8) is 0 Å². The van der Waals surface area contributed by atoms with Crippen molar-refractivity contribution >= 4 is 5.97 Å². The molecule has 0 bridgehead atoms. The van der Waals surface area contributed by atoms with E-state index in [0.29, 0.717) is 5.92 Å². The number of carbonyl (C=O) groups excluding carboxylic acids is 1. The number of rotatable bonds is 6. The molecule has 0 aromatic carbocycles. The normalized spacial score (nSPS) is 27.6. The van der Waals surface area contributed by atoms with Crippen LogP contribution in [0.25, 0.3) is 0 Å². The van der Waals surface area contributed by atoms with Crippen LogP contribution in [0.1, 0.15) is 33.1 Å². The van der Waals surface area contributed by atoms with Crippen molar-refractivity contribution in [2.75, 3.05) is 39.9 Å². The van der Waals surface area contributed by atoms with E-state index in [1.807, 2.05) is 6.92 Å². The molecule has 2 aliphatic rings. The average molecular weight is 284 g/mol. The first kappa shape index (κ1) is 15.7. The summed E-state index contributed by atoms with van der Waals surface area (Å²) in [6.07, 6.45) is 3.48. The van der Waals surface area contributed by atoms with Crippen molar-refractivity contribution in [1.29, 1.82) is 0 Å². The third-order valence-corrected chi connectivity index (χ3v) is 4.33. The monoisotopic (exact) mass is 284 g/mol. The van der Waals surface area contributed by atoms with Gasteiger partial charge in [-0.3, -0.25) is 4.90 Å². The van der Waals surface area contributed by atoms with Crippen LogP contribution in [-0.4, -0.2) is 62.4 Å². The van der Waals surface area contributed by atoms with Crippen LogP contribution in [0, 0.1) is 5.92 Å². The minimum atomic E-state index is -0.534. The molecule has 1 N–H and O–H groups in total. The van der Waals surface area contributed by atoms with Gasteiger partial charge in [-0.2, -0.15) is 0 Å². The van der Waals surface area contributed by atoms with Crippen molar-refractivity contribution in [2.24, 2.45) is 5.92 Å². The van der Waals surface area contributed by atoms with Gasteiger partial charge in [0.25, 0.3) is 0 Å². The Morgan fingerprint density at radius 2 is 2.25 bits per heavy atom. The molecular weight excluding hydrogens is 256 g/mol. The second-order valence-corrected chi connectivity index (χ2v) is 6.04. The van der Waals surface area contributed by atoms with E-state index in [-0.39, 0.29) is 12.1 Å². The zero-order chi connectivity index (χ0) is 14.6. The van der Waals surface area contributed by atoms with Gasteiger partial charge >= 0.3 is 5.97 Å². The summed E-state index contributed by atoms with van der Waals surface area (Å²) >= 11 is 0. The molecule has 1 aliphatic heterocycles. The Balaban J connectivity index is 2.11. The summed E-state index contributed by atoms with van der Waals surface area (Å²) in [5, 5.41) is 3.43. The minimum Gasteiger partial charge on any atom is -0.468 e. The molecule has 1 heterocycles. The Kier molecular flexibility index (Phi) is 5.41. The molecule has 2 unspecified atom stereocenters. The lowest BCUT2D eigenvalue weighted by atomic mass is 9.91. The number of ether oxygens (including phenoxy) is 2. The number of carbonyl (C=O) groups is 1. The first-order chi connectivity index (χ1) is 9.62. The van der Waals surface area contributed by atoms with E-state index < -0.39 is 5.54 Å². The molecule has 0 spiro atoms. The Morgan fingerprint density at radius 3 is 2.85 bits per heavy atom. The molecular formula is C15H28N2O3. The Hall–Kier alpha value is -0.650. The third-order valence-electron chi connectivity index (χ3n) is 4.33. The third kappa shape index (κ3) is 3.51. The molecule has 0 amide bonds. The fraction of sp³-hybridized carbons (Fsp3) is 0.933. The quantitative estimate of drug-likeness (QED) is 0.738. The number of nitrogens with one attached hydrogen (secondary N) is 1. The van der Waals surface area contributed by atoms with Gasteiger partial charge in [0.2, 0.25) is 0 Å². The van der Waals surface area contributed by atoms with Crippen molar-refractivity contribution in [1.82, 2.24) is 10.2 Å². The Labute approximate surface area is 122 Å². The van der Waals surface area contributed by atoms with E-state index in [4.69, 9.17) is 9.47 Å². The lowest BCUT2D eigenvalue weighted by Gasteiger charge is -2.37. The fourth-order valence-electron chi connectivity index (χ4n) is 3.28. The van der Waals surface area contributed by atoms with Gasteiger partial charge in [-0.1, -0.05) is 6.92 Å². The number of nitrogens with zero attached hydrogens (tertiary/aromatic N) is 1. The highest BCUT2D eigenvalue weighted by atomic mass is 16.5. The highest BCUT2D eigenvalue weighted by Crippen LogP contribution is 2.41. The summed E-state index contributed by atoms with van der Waals surface area (Å²) in [7, 11) is 1.49. The van der Waals surface area contributed by atoms with Crippen LogP contribution in [0.2, 0.25) is 0 Å². The average Bonchev–Trinajstić information content (AvgIpc) is 3.25. The maximum absolute atomic E-state index is 12.4. The molecule has 116 valence electrons. The zero-order valence-electron chi connectivity index (χ0n) is 13.0. The van der Waals surface area contributed by atoms with E-state index in [9.17, 15) is 4.79 Å². The van der Waals surface area contributed by atoms with Gasteiger partial charge in [0.05, 0.1) is 13.2 Å². The summed E-state index contributed by atoms with van der Waals surface area (Å²) < 4.78 is 10.8. The van der Waals surface area contributed by atoms with Crippen molar-refractivity contribution < 1.29 is 14.3 Å². The van der Waals surface area contributed by atoms with E-state index in [1.165, 1.54) is 7.11 Å². The lowest BCUT2D eigenvalue weighted by Crippen LogP contribution is -2.61. The van der Waals surface area contributed by atoms with Gasteiger partial charge in [0.1, 0.15) is 5.54 Å². The Bertz CT molecular complexity index is 333. The second kappa shape index (κ2) is 6.87. The number of esters is 1. The second-order valence-electron chi connectivity index (χ2n) is 6.04. The summed E-state index contributed by atoms with van der Waals surface area (Å²) in [6.45, 7) is 8.35. The topological polar surface area (TPSA) is 50.8 Å². The van der Waals surface area contributed by atoms with Crippen LogP contribution < -0.4 is 5.32 Å². The minimum absolute atomic E-state index is 0.111. The van der Waals surface area contributed by atoms with E-state index in [0.717, 1.165) is 52.0 Å². The smallest absolute Gasteiger partial charge is 0.327 e. The van der Waals surface area contributed by atoms with E-state index in [2.05, 4.69) is 17.1 Å². The van der Waals surface area contributed by atoms with Crippen molar-refractivity contribution in [2.45, 2.75) is 44.8 Å². The summed E-state index contributed by atoms with van der Waals surface area (Å²) in [4.78, 5) is 14.8. The molecule has 2 atom stereocenters. The van der Waals surface area contributed by atoms with Gasteiger partial charge in [0.15, 0.2) is 0 Å². The molecule has 1 saturated carbocycles. The van der Waals surface area contributed by atoms with Crippen LogP contribution in [0.3, 0.4) is 0 Å². The highest BCUT2D eigenvalue weighted by molar-refractivity contribution is 5.82. The van der Waals surface area contributed by atoms with Gasteiger partial charge in [-0.25, -0.2) is 4.79 Å². The summed E-state index contributed by atoms with van der Waals surface area (Å²) in [6, 6.07) is 0. The van der Waals surface area contributed by atoms with Crippen LogP contribution in [0.4, 0.5) is 0 Å². The maximum Gasteiger partial charge on any atom is 0.327 e. The molecule has 0 aromatic rings. The SMILES string of the molecule is CCNC(CN1CCCOC(C)C1)(C(=O)OC)C1CC1. The lowest BCUT2D eigenvalue weighted by molar-refractivity contribution is -0.151.